The van der Waals surface area contributed by atoms with E-state index in [1.165, 1.54) is 0 Å². The zero-order valence-electron chi connectivity index (χ0n) is 20.6. The molecule has 3 rings (SSSR count). The van der Waals surface area contributed by atoms with Crippen LogP contribution in [0.25, 0.3) is 22.6 Å². The number of unbranched alkanes of at least 4 members (excludes halogenated alkanes) is 3. The van der Waals surface area contributed by atoms with Crippen LogP contribution in [0, 0.1) is 6.92 Å². The lowest BCUT2D eigenvalue weighted by molar-refractivity contribution is 0.219. The van der Waals surface area contributed by atoms with Crippen molar-refractivity contribution < 1.29 is 13.6 Å². The molecule has 0 bridgehead atoms. The van der Waals surface area contributed by atoms with Crippen LogP contribution in [0.4, 0.5) is 5.69 Å². The Bertz CT molecular complexity index is 1260. The van der Waals surface area contributed by atoms with Crippen LogP contribution in [0.2, 0.25) is 0 Å². The molecule has 2 aliphatic heterocycles. The zero-order chi connectivity index (χ0) is 24.9. The van der Waals surface area contributed by atoms with E-state index in [0.29, 0.717) is 31.4 Å². The lowest BCUT2D eigenvalue weighted by Gasteiger charge is -2.21. The topological polar surface area (TPSA) is 119 Å². The minimum atomic E-state index is -3.02. The molecule has 1 aromatic rings. The Balaban J connectivity index is 1.84. The summed E-state index contributed by atoms with van der Waals surface area (Å²) in [6.07, 6.45) is 3.64. The lowest BCUT2D eigenvalue weighted by atomic mass is 10.1. The van der Waals surface area contributed by atoms with E-state index in [0.717, 1.165) is 42.5 Å². The van der Waals surface area contributed by atoms with Crippen LogP contribution in [0.3, 0.4) is 0 Å². The maximum atomic E-state index is 12.6. The van der Waals surface area contributed by atoms with Gasteiger partial charge >= 0.3 is 13.3 Å². The van der Waals surface area contributed by atoms with Gasteiger partial charge in [-0.25, -0.2) is 9.78 Å². The van der Waals surface area contributed by atoms with Gasteiger partial charge in [-0.1, -0.05) is 12.8 Å². The Hall–Kier alpha value is -2.55. The number of fused-ring (bicyclic) bond motifs is 2. The molecule has 0 saturated carbocycles. The SMILES string of the molecule is CCOP(=O)(CCCCCCn1c2nc(=O)[nH]c(=O)c-2nc2cc(C)c(N(C)C)cc21)OCC. The standard InChI is InChI=1S/C23H34N5O5P/c1-6-32-34(31,33-7-2)13-11-9-8-10-12-28-19-15-18(27(4)5)16(3)14-17(19)24-20-21(28)25-23(30)26-22(20)29/h14-15H,6-13H2,1-5H3,(H,26,29,30). The highest BCUT2D eigenvalue weighted by Crippen LogP contribution is 2.48. The fraction of sp³-hybridized carbons (Fsp3) is 0.565. The van der Waals surface area contributed by atoms with Gasteiger partial charge in [0.25, 0.3) is 5.56 Å². The van der Waals surface area contributed by atoms with Gasteiger partial charge in [0.15, 0.2) is 11.5 Å². The smallest absolute Gasteiger partial charge is 0.349 e. The quantitative estimate of drug-likeness (QED) is 0.231. The molecule has 2 aliphatic rings. The predicted molar refractivity (Wildman–Crippen MR) is 134 cm³/mol. The third kappa shape index (κ3) is 5.92. The van der Waals surface area contributed by atoms with Gasteiger partial charge in [-0.3, -0.25) is 14.3 Å². The maximum Gasteiger partial charge on any atom is 0.349 e. The summed E-state index contributed by atoms with van der Waals surface area (Å²) in [5.74, 6) is 0.284. The summed E-state index contributed by atoms with van der Waals surface area (Å²) in [7, 11) is 0.911. The first-order valence-electron chi connectivity index (χ1n) is 11.7. The zero-order valence-corrected chi connectivity index (χ0v) is 21.5. The number of aromatic amines is 1. The number of nitrogens with zero attached hydrogens (tertiary/aromatic N) is 4. The van der Waals surface area contributed by atoms with E-state index in [4.69, 9.17) is 9.05 Å². The van der Waals surface area contributed by atoms with Crippen LogP contribution in [0.5, 0.6) is 0 Å². The van der Waals surface area contributed by atoms with Crippen LogP contribution >= 0.6 is 7.60 Å². The van der Waals surface area contributed by atoms with Crippen molar-refractivity contribution in [3.63, 3.8) is 0 Å². The van der Waals surface area contributed by atoms with Crippen molar-refractivity contribution in [1.29, 1.82) is 0 Å². The molecule has 2 heterocycles. The van der Waals surface area contributed by atoms with E-state index in [2.05, 4.69) is 15.0 Å². The third-order valence-electron chi connectivity index (χ3n) is 5.62. The number of rotatable bonds is 12. The number of aryl methyl sites for hydroxylation is 2. The molecule has 0 saturated heterocycles. The van der Waals surface area contributed by atoms with Crippen molar-refractivity contribution in [2.24, 2.45) is 0 Å². The number of H-pyrrole nitrogens is 1. The van der Waals surface area contributed by atoms with Crippen LogP contribution in [0.1, 0.15) is 45.1 Å². The second kappa shape index (κ2) is 11.3. The molecule has 0 aliphatic carbocycles. The first-order valence-corrected chi connectivity index (χ1v) is 13.4. The summed E-state index contributed by atoms with van der Waals surface area (Å²) in [5.41, 5.74) is 2.48. The summed E-state index contributed by atoms with van der Waals surface area (Å²) < 4.78 is 25.2. The molecule has 0 atom stereocenters. The first kappa shape index (κ1) is 26.1. The normalized spacial score (nSPS) is 12.0. The van der Waals surface area contributed by atoms with E-state index in [9.17, 15) is 14.2 Å². The van der Waals surface area contributed by atoms with Crippen LogP contribution < -0.4 is 16.1 Å². The molecule has 0 fully saturated rings. The number of benzene rings is 1. The Kier molecular flexibility index (Phi) is 8.62. The second-order valence-corrected chi connectivity index (χ2v) is 10.6. The van der Waals surface area contributed by atoms with Crippen molar-refractivity contribution in [3.8, 4) is 11.5 Å². The van der Waals surface area contributed by atoms with Gasteiger partial charge in [-0.05, 0) is 51.3 Å². The molecule has 0 aromatic heterocycles. The van der Waals surface area contributed by atoms with Gasteiger partial charge in [0, 0.05) is 26.3 Å². The Labute approximate surface area is 199 Å². The Morgan fingerprint density at radius 2 is 1.71 bits per heavy atom. The summed E-state index contributed by atoms with van der Waals surface area (Å²) in [6, 6.07) is 3.97. The maximum absolute atomic E-state index is 12.6. The average Bonchev–Trinajstić information content (AvgIpc) is 2.75. The van der Waals surface area contributed by atoms with Crippen molar-refractivity contribution in [2.45, 2.75) is 53.0 Å². The highest BCUT2D eigenvalue weighted by atomic mass is 31.2. The van der Waals surface area contributed by atoms with Gasteiger partial charge in [0.05, 0.1) is 30.4 Å². The molecule has 186 valence electrons. The Morgan fingerprint density at radius 3 is 2.35 bits per heavy atom. The molecule has 0 spiro atoms. The minimum absolute atomic E-state index is 0.151. The average molecular weight is 492 g/mol. The summed E-state index contributed by atoms with van der Waals surface area (Å²) in [6.45, 7) is 6.90. The number of hydrogen-bond donors (Lipinski definition) is 1. The monoisotopic (exact) mass is 491 g/mol. The first-order chi connectivity index (χ1) is 16.2. The van der Waals surface area contributed by atoms with E-state index >= 15 is 0 Å². The van der Waals surface area contributed by atoms with Crippen LogP contribution in [-0.4, -0.2) is 53.0 Å². The largest absolute Gasteiger partial charge is 0.377 e. The van der Waals surface area contributed by atoms with Crippen LogP contribution in [0.15, 0.2) is 21.7 Å². The van der Waals surface area contributed by atoms with E-state index < -0.39 is 18.8 Å². The Morgan fingerprint density at radius 1 is 1.03 bits per heavy atom. The molecule has 11 heteroatoms. The molecular weight excluding hydrogens is 457 g/mol. The van der Waals surface area contributed by atoms with Crippen molar-refractivity contribution in [2.75, 3.05) is 38.4 Å². The van der Waals surface area contributed by atoms with Crippen LogP contribution in [-0.2, 0) is 20.2 Å². The number of aromatic nitrogens is 4. The van der Waals surface area contributed by atoms with Gasteiger partial charge in [0.2, 0.25) is 0 Å². The highest BCUT2D eigenvalue weighted by Gasteiger charge is 2.23. The number of nitrogens with one attached hydrogen (secondary N) is 1. The van der Waals surface area contributed by atoms with Crippen molar-refractivity contribution in [1.82, 2.24) is 19.5 Å². The fourth-order valence-electron chi connectivity index (χ4n) is 4.13. The summed E-state index contributed by atoms with van der Waals surface area (Å²) in [5, 5.41) is 0. The fourth-order valence-corrected chi connectivity index (χ4v) is 5.86. The molecule has 0 radical (unpaired) electrons. The predicted octanol–water partition coefficient (Wildman–Crippen LogP) is 3.79. The highest BCUT2D eigenvalue weighted by molar-refractivity contribution is 7.53. The van der Waals surface area contributed by atoms with E-state index in [1.807, 2.05) is 56.5 Å². The van der Waals surface area contributed by atoms with E-state index in [1.54, 1.807) is 0 Å². The molecule has 10 nitrogen and oxygen atoms in total. The molecule has 34 heavy (non-hydrogen) atoms. The van der Waals surface area contributed by atoms with Gasteiger partial charge in [-0.15, -0.1) is 0 Å². The molecule has 1 aromatic carbocycles. The lowest BCUT2D eigenvalue weighted by Crippen LogP contribution is -2.29. The number of hydrogen-bond acceptors (Lipinski definition) is 8. The van der Waals surface area contributed by atoms with Gasteiger partial charge in [0.1, 0.15) is 0 Å². The molecule has 1 N–H and O–H groups in total. The van der Waals surface area contributed by atoms with Gasteiger partial charge in [-0.2, -0.15) is 4.98 Å². The molecule has 0 unspecified atom stereocenters. The number of anilines is 1. The third-order valence-corrected chi connectivity index (χ3v) is 7.79. The second-order valence-electron chi connectivity index (χ2n) is 8.41. The molecule has 0 amide bonds. The summed E-state index contributed by atoms with van der Waals surface area (Å²) >= 11 is 0. The molecular formula is C23H34N5O5P. The minimum Gasteiger partial charge on any atom is -0.377 e. The van der Waals surface area contributed by atoms with Crippen molar-refractivity contribution >= 4 is 24.3 Å². The van der Waals surface area contributed by atoms with Crippen molar-refractivity contribution in [3.05, 3.63) is 38.5 Å². The van der Waals surface area contributed by atoms with Gasteiger partial charge < -0.3 is 18.5 Å². The summed E-state index contributed by atoms with van der Waals surface area (Å²) in [4.78, 5) is 37.2. The van der Waals surface area contributed by atoms with E-state index in [-0.39, 0.29) is 11.5 Å².